The van der Waals surface area contributed by atoms with Crippen molar-refractivity contribution >= 4 is 5.91 Å². The number of unbranched alkanes of at least 4 members (excludes halogenated alkanes) is 1. The van der Waals surface area contributed by atoms with Crippen LogP contribution in [0.1, 0.15) is 38.5 Å². The molecule has 0 aromatic carbocycles. The Morgan fingerprint density at radius 2 is 2.22 bits per heavy atom. The van der Waals surface area contributed by atoms with Crippen LogP contribution in [-0.4, -0.2) is 27.1 Å². The van der Waals surface area contributed by atoms with Gasteiger partial charge in [-0.3, -0.25) is 4.79 Å². The summed E-state index contributed by atoms with van der Waals surface area (Å²) in [7, 11) is 0. The summed E-state index contributed by atoms with van der Waals surface area (Å²) in [5, 5.41) is 8.88. The topological polar surface area (TPSA) is 59.8 Å². The SMILES string of the molecule is CCCCc1cn(C(NC(C)=O)C(F)(F)F)nn1. The van der Waals surface area contributed by atoms with Crippen LogP contribution < -0.4 is 5.32 Å². The predicted octanol–water partition coefficient (Wildman–Crippen LogP) is 1.82. The maximum absolute atomic E-state index is 12.7. The first-order valence-corrected chi connectivity index (χ1v) is 5.59. The van der Waals surface area contributed by atoms with Gasteiger partial charge in [-0.05, 0) is 12.8 Å². The largest absolute Gasteiger partial charge is 0.429 e. The van der Waals surface area contributed by atoms with E-state index in [1.165, 1.54) is 6.20 Å². The Morgan fingerprint density at radius 3 is 2.72 bits per heavy atom. The zero-order valence-electron chi connectivity index (χ0n) is 10.2. The molecule has 1 heterocycles. The molecule has 0 aliphatic rings. The first-order chi connectivity index (χ1) is 8.34. The van der Waals surface area contributed by atoms with Gasteiger partial charge in [0, 0.05) is 6.92 Å². The highest BCUT2D eigenvalue weighted by Gasteiger charge is 2.42. The molecule has 1 N–H and O–H groups in total. The number of nitrogens with zero attached hydrogens (tertiary/aromatic N) is 3. The molecule has 1 atom stereocenters. The quantitative estimate of drug-likeness (QED) is 0.882. The summed E-state index contributed by atoms with van der Waals surface area (Å²) in [4.78, 5) is 10.8. The molecule has 0 aliphatic carbocycles. The van der Waals surface area contributed by atoms with Crippen LogP contribution in [0.4, 0.5) is 13.2 Å². The lowest BCUT2D eigenvalue weighted by molar-refractivity contribution is -0.181. The number of nitrogens with one attached hydrogen (secondary N) is 1. The maximum Gasteiger partial charge on any atom is 0.429 e. The van der Waals surface area contributed by atoms with Crippen molar-refractivity contribution in [2.75, 3.05) is 0 Å². The van der Waals surface area contributed by atoms with Gasteiger partial charge in [0.05, 0.1) is 11.9 Å². The Labute approximate surface area is 102 Å². The van der Waals surface area contributed by atoms with Gasteiger partial charge in [-0.25, -0.2) is 4.68 Å². The zero-order valence-corrected chi connectivity index (χ0v) is 10.2. The standard InChI is InChI=1S/C10H15F3N4O/c1-3-4-5-8-6-17(16-15-8)9(10(11,12)13)14-7(2)18/h6,9H,3-5H2,1-2H3,(H,14,18). The molecular formula is C10H15F3N4O. The molecule has 0 radical (unpaired) electrons. The van der Waals surface area contributed by atoms with Crippen molar-refractivity contribution in [3.8, 4) is 0 Å². The number of carbonyl (C=O) groups excluding carboxylic acids is 1. The molecule has 1 amide bonds. The molecule has 1 aromatic rings. The number of hydrogen-bond donors (Lipinski definition) is 1. The highest BCUT2D eigenvalue weighted by atomic mass is 19.4. The molecule has 0 saturated carbocycles. The second-order valence-corrected chi connectivity index (χ2v) is 3.94. The van der Waals surface area contributed by atoms with E-state index in [0.717, 1.165) is 19.8 Å². The first kappa shape index (κ1) is 14.5. The fraction of sp³-hybridized carbons (Fsp3) is 0.700. The average molecular weight is 264 g/mol. The van der Waals surface area contributed by atoms with Gasteiger partial charge in [0.15, 0.2) is 0 Å². The summed E-state index contributed by atoms with van der Waals surface area (Å²) in [6.07, 6.45) is -3.25. The number of aromatic nitrogens is 3. The van der Waals surface area contributed by atoms with Crippen molar-refractivity contribution in [3.05, 3.63) is 11.9 Å². The fourth-order valence-corrected chi connectivity index (χ4v) is 1.40. The van der Waals surface area contributed by atoms with E-state index >= 15 is 0 Å². The second kappa shape index (κ2) is 5.83. The molecule has 1 unspecified atom stereocenters. The van der Waals surface area contributed by atoms with Gasteiger partial charge in [-0.2, -0.15) is 13.2 Å². The second-order valence-electron chi connectivity index (χ2n) is 3.94. The monoisotopic (exact) mass is 264 g/mol. The fourth-order valence-electron chi connectivity index (χ4n) is 1.40. The molecule has 0 saturated heterocycles. The number of hydrogen-bond acceptors (Lipinski definition) is 3. The molecule has 18 heavy (non-hydrogen) atoms. The van der Waals surface area contributed by atoms with Crippen LogP contribution in [0, 0.1) is 0 Å². The van der Waals surface area contributed by atoms with Crippen molar-refractivity contribution in [3.63, 3.8) is 0 Å². The van der Waals surface area contributed by atoms with Crippen molar-refractivity contribution < 1.29 is 18.0 Å². The number of alkyl halides is 3. The van der Waals surface area contributed by atoms with Gasteiger partial charge in [0.25, 0.3) is 0 Å². The smallest absolute Gasteiger partial charge is 0.327 e. The molecule has 0 bridgehead atoms. The van der Waals surface area contributed by atoms with E-state index in [2.05, 4.69) is 10.3 Å². The van der Waals surface area contributed by atoms with Gasteiger partial charge in [-0.15, -0.1) is 5.10 Å². The average Bonchev–Trinajstić information content (AvgIpc) is 2.69. The van der Waals surface area contributed by atoms with Crippen molar-refractivity contribution in [2.45, 2.75) is 45.5 Å². The number of rotatable bonds is 5. The Morgan fingerprint density at radius 1 is 1.56 bits per heavy atom. The lowest BCUT2D eigenvalue weighted by Crippen LogP contribution is -2.41. The Bertz CT molecular complexity index is 402. The molecule has 0 aliphatic heterocycles. The summed E-state index contributed by atoms with van der Waals surface area (Å²) < 4.78 is 38.8. The van der Waals surface area contributed by atoms with E-state index in [4.69, 9.17) is 0 Å². The lowest BCUT2D eigenvalue weighted by atomic mass is 10.2. The predicted molar refractivity (Wildman–Crippen MR) is 57.5 cm³/mol. The van der Waals surface area contributed by atoms with Crippen LogP contribution in [-0.2, 0) is 11.2 Å². The molecule has 1 aromatic heterocycles. The first-order valence-electron chi connectivity index (χ1n) is 5.59. The van der Waals surface area contributed by atoms with E-state index < -0.39 is 18.2 Å². The lowest BCUT2D eigenvalue weighted by Gasteiger charge is -2.20. The number of aryl methyl sites for hydroxylation is 1. The molecule has 0 fully saturated rings. The Hall–Kier alpha value is -1.60. The van der Waals surface area contributed by atoms with Crippen molar-refractivity contribution in [1.29, 1.82) is 0 Å². The van der Waals surface area contributed by atoms with Gasteiger partial charge in [0.2, 0.25) is 12.1 Å². The third kappa shape index (κ3) is 4.01. The van der Waals surface area contributed by atoms with E-state index in [-0.39, 0.29) is 0 Å². The molecule has 8 heteroatoms. The summed E-state index contributed by atoms with van der Waals surface area (Å²) >= 11 is 0. The molecule has 102 valence electrons. The minimum absolute atomic E-state index is 0.483. The summed E-state index contributed by atoms with van der Waals surface area (Å²) in [6, 6.07) is 0. The third-order valence-electron chi connectivity index (χ3n) is 2.26. The number of carbonyl (C=O) groups is 1. The highest BCUT2D eigenvalue weighted by Crippen LogP contribution is 2.27. The van der Waals surface area contributed by atoms with E-state index in [9.17, 15) is 18.0 Å². The number of amides is 1. The van der Waals surface area contributed by atoms with Gasteiger partial charge < -0.3 is 5.32 Å². The number of halogens is 3. The van der Waals surface area contributed by atoms with Crippen LogP contribution in [0.25, 0.3) is 0 Å². The summed E-state index contributed by atoms with van der Waals surface area (Å²) in [5.74, 6) is -0.775. The Balaban J connectivity index is 2.85. The maximum atomic E-state index is 12.7. The van der Waals surface area contributed by atoms with Crippen molar-refractivity contribution in [2.24, 2.45) is 0 Å². The molecular weight excluding hydrogens is 249 g/mol. The van der Waals surface area contributed by atoms with Crippen molar-refractivity contribution in [1.82, 2.24) is 20.3 Å². The van der Waals surface area contributed by atoms with Gasteiger partial charge in [-0.1, -0.05) is 18.6 Å². The third-order valence-corrected chi connectivity index (χ3v) is 2.26. The highest BCUT2D eigenvalue weighted by molar-refractivity contribution is 5.73. The normalized spacial score (nSPS) is 13.4. The van der Waals surface area contributed by atoms with Crippen LogP contribution in [0.2, 0.25) is 0 Å². The van der Waals surface area contributed by atoms with Crippen LogP contribution in [0.15, 0.2) is 6.20 Å². The molecule has 0 spiro atoms. The van der Waals surface area contributed by atoms with Gasteiger partial charge in [0.1, 0.15) is 0 Å². The molecule has 5 nitrogen and oxygen atoms in total. The summed E-state index contributed by atoms with van der Waals surface area (Å²) in [5.41, 5.74) is 0.483. The zero-order chi connectivity index (χ0) is 13.8. The molecule has 1 rings (SSSR count). The van der Waals surface area contributed by atoms with E-state index in [1.807, 2.05) is 6.92 Å². The minimum Gasteiger partial charge on any atom is -0.327 e. The minimum atomic E-state index is -4.61. The van der Waals surface area contributed by atoms with Crippen LogP contribution in [0.5, 0.6) is 0 Å². The van der Waals surface area contributed by atoms with Crippen LogP contribution in [0.3, 0.4) is 0 Å². The summed E-state index contributed by atoms with van der Waals surface area (Å²) in [6.45, 7) is 2.99. The Kier molecular flexibility index (Phi) is 4.69. The van der Waals surface area contributed by atoms with Gasteiger partial charge >= 0.3 is 6.18 Å². The van der Waals surface area contributed by atoms with E-state index in [1.54, 1.807) is 5.32 Å². The van der Waals surface area contributed by atoms with Crippen LogP contribution >= 0.6 is 0 Å². The van der Waals surface area contributed by atoms with E-state index in [0.29, 0.717) is 16.8 Å².